The molecule has 0 saturated carbocycles. The Morgan fingerprint density at radius 1 is 1.30 bits per heavy atom. The van der Waals surface area contributed by atoms with E-state index >= 15 is 0 Å². The fourth-order valence-electron chi connectivity index (χ4n) is 2.97. The molecule has 9 heteroatoms. The molecule has 27 heavy (non-hydrogen) atoms. The predicted molar refractivity (Wildman–Crippen MR) is 97.2 cm³/mol. The molecule has 1 unspecified atom stereocenters. The highest BCUT2D eigenvalue weighted by molar-refractivity contribution is 6.31. The average Bonchev–Trinajstić information content (AvgIpc) is 3.14. The smallest absolute Gasteiger partial charge is 0.328 e. The normalized spacial score (nSPS) is 16.3. The first-order chi connectivity index (χ1) is 12.9. The van der Waals surface area contributed by atoms with Crippen LogP contribution in [0.5, 0.6) is 0 Å². The van der Waals surface area contributed by atoms with Crippen LogP contribution < -0.4 is 0 Å². The third-order valence-electron chi connectivity index (χ3n) is 4.71. The van der Waals surface area contributed by atoms with Crippen LogP contribution in [0.2, 0.25) is 5.02 Å². The van der Waals surface area contributed by atoms with Gasteiger partial charge in [-0.25, -0.2) is 9.18 Å². The summed E-state index contributed by atoms with van der Waals surface area (Å²) in [6.45, 7) is 4.05. The summed E-state index contributed by atoms with van der Waals surface area (Å²) < 4.78 is 15.2. The molecule has 1 aliphatic heterocycles. The molecule has 1 aromatic carbocycles. The van der Waals surface area contributed by atoms with E-state index in [2.05, 4.69) is 5.10 Å². The van der Waals surface area contributed by atoms with Crippen LogP contribution in [0, 0.1) is 5.82 Å². The molecule has 144 valence electrons. The number of carbonyl (C=O) groups excluding carboxylic acids is 1. The van der Waals surface area contributed by atoms with Crippen molar-refractivity contribution < 1.29 is 19.1 Å². The summed E-state index contributed by atoms with van der Waals surface area (Å²) in [5.41, 5.74) is 0.816. The number of nitrogens with zero attached hydrogens (tertiary/aromatic N) is 4. The molecule has 1 fully saturated rings. The minimum Gasteiger partial charge on any atom is -0.480 e. The number of aliphatic carboxylic acids is 1. The lowest BCUT2D eigenvalue weighted by molar-refractivity contribution is -0.140. The summed E-state index contributed by atoms with van der Waals surface area (Å²) in [6, 6.07) is 3.78. The number of benzene rings is 1. The molecule has 1 atom stereocenters. The Morgan fingerprint density at radius 3 is 2.63 bits per heavy atom. The van der Waals surface area contributed by atoms with Crippen LogP contribution in [0.3, 0.4) is 0 Å². The van der Waals surface area contributed by atoms with Gasteiger partial charge in [-0.3, -0.25) is 14.4 Å². The molecule has 0 bridgehead atoms. The number of aromatic nitrogens is 2. The third kappa shape index (κ3) is 4.28. The molecule has 2 heterocycles. The maximum Gasteiger partial charge on any atom is 0.328 e. The monoisotopic (exact) mass is 394 g/mol. The number of piperazine rings is 1. The van der Waals surface area contributed by atoms with Crippen molar-refractivity contribution in [2.75, 3.05) is 26.2 Å². The summed E-state index contributed by atoms with van der Waals surface area (Å²) >= 11 is 6.08. The second-order valence-corrected chi connectivity index (χ2v) is 6.90. The van der Waals surface area contributed by atoms with Crippen LogP contribution in [0.25, 0.3) is 0 Å². The highest BCUT2D eigenvalue weighted by Gasteiger charge is 2.25. The fraction of sp³-hybridized carbons (Fsp3) is 0.389. The quantitative estimate of drug-likeness (QED) is 0.841. The van der Waals surface area contributed by atoms with Gasteiger partial charge in [0.1, 0.15) is 11.9 Å². The lowest BCUT2D eigenvalue weighted by Crippen LogP contribution is -2.48. The lowest BCUT2D eigenvalue weighted by Gasteiger charge is -2.34. The molecule has 1 aromatic heterocycles. The van der Waals surface area contributed by atoms with Gasteiger partial charge >= 0.3 is 5.97 Å². The van der Waals surface area contributed by atoms with E-state index < -0.39 is 12.0 Å². The van der Waals surface area contributed by atoms with Gasteiger partial charge in [0, 0.05) is 49.5 Å². The molecular weight excluding hydrogens is 375 g/mol. The summed E-state index contributed by atoms with van der Waals surface area (Å²) in [7, 11) is 0. The zero-order valence-electron chi connectivity index (χ0n) is 14.8. The van der Waals surface area contributed by atoms with Crippen molar-refractivity contribution in [2.45, 2.75) is 19.5 Å². The maximum absolute atomic E-state index is 13.9. The third-order valence-corrected chi connectivity index (χ3v) is 5.06. The zero-order chi connectivity index (χ0) is 19.6. The standard InChI is InChI=1S/C18H20ClFN4O3/c1-12(18(26)27)24-10-13(9-21-24)17(25)23-7-5-22(6-8-23)11-14-15(19)3-2-4-16(14)20/h2-4,9-10,12H,5-8,11H2,1H3,(H,26,27). The molecule has 1 amide bonds. The largest absolute Gasteiger partial charge is 0.480 e. The number of carboxylic acid groups (broad SMARTS) is 1. The molecule has 2 aromatic rings. The minimum absolute atomic E-state index is 0.192. The van der Waals surface area contributed by atoms with Crippen LogP contribution >= 0.6 is 11.6 Å². The van der Waals surface area contributed by atoms with Crippen LogP contribution in [0.1, 0.15) is 28.9 Å². The Balaban J connectivity index is 1.59. The van der Waals surface area contributed by atoms with E-state index in [1.807, 2.05) is 4.90 Å². The molecule has 0 radical (unpaired) electrons. The predicted octanol–water partition coefficient (Wildman–Crippen LogP) is 2.28. The number of halogens is 2. The highest BCUT2D eigenvalue weighted by Crippen LogP contribution is 2.21. The Bertz CT molecular complexity index is 829. The minimum atomic E-state index is -1.02. The second kappa shape index (κ2) is 8.06. The van der Waals surface area contributed by atoms with Crippen LogP contribution in [0.15, 0.2) is 30.6 Å². The first-order valence-corrected chi connectivity index (χ1v) is 8.96. The van der Waals surface area contributed by atoms with Crippen molar-refractivity contribution in [1.29, 1.82) is 0 Å². The van der Waals surface area contributed by atoms with Gasteiger partial charge in [-0.1, -0.05) is 17.7 Å². The first-order valence-electron chi connectivity index (χ1n) is 8.58. The van der Waals surface area contributed by atoms with E-state index in [9.17, 15) is 14.0 Å². The SMILES string of the molecule is CC(C(=O)O)n1cc(C(=O)N2CCN(Cc3c(F)cccc3Cl)CC2)cn1. The van der Waals surface area contributed by atoms with E-state index in [-0.39, 0.29) is 11.7 Å². The van der Waals surface area contributed by atoms with Gasteiger partial charge in [0.25, 0.3) is 5.91 Å². The van der Waals surface area contributed by atoms with Crippen molar-refractivity contribution in [3.63, 3.8) is 0 Å². The molecule has 0 spiro atoms. The molecule has 3 rings (SSSR count). The van der Waals surface area contributed by atoms with Gasteiger partial charge in [-0.2, -0.15) is 5.10 Å². The van der Waals surface area contributed by atoms with Crippen LogP contribution in [-0.2, 0) is 11.3 Å². The molecule has 0 aliphatic carbocycles. The van der Waals surface area contributed by atoms with Gasteiger partial charge < -0.3 is 10.0 Å². The van der Waals surface area contributed by atoms with Crippen molar-refractivity contribution in [2.24, 2.45) is 0 Å². The number of carbonyl (C=O) groups is 2. The van der Waals surface area contributed by atoms with E-state index in [1.165, 1.54) is 30.1 Å². The number of hydrogen-bond donors (Lipinski definition) is 1. The van der Waals surface area contributed by atoms with Gasteiger partial charge in [0.05, 0.1) is 11.8 Å². The molecular formula is C18H20ClFN4O3. The van der Waals surface area contributed by atoms with E-state index in [0.29, 0.717) is 48.9 Å². The maximum atomic E-state index is 13.9. The molecule has 1 saturated heterocycles. The number of carboxylic acids is 1. The van der Waals surface area contributed by atoms with Crippen molar-refractivity contribution in [1.82, 2.24) is 19.6 Å². The van der Waals surface area contributed by atoms with Crippen LogP contribution in [-0.4, -0.2) is 62.7 Å². The molecule has 7 nitrogen and oxygen atoms in total. The lowest BCUT2D eigenvalue weighted by atomic mass is 10.1. The zero-order valence-corrected chi connectivity index (χ0v) is 15.6. The topological polar surface area (TPSA) is 78.7 Å². The summed E-state index contributed by atoms with van der Waals surface area (Å²) in [5.74, 6) is -1.54. The number of rotatable bonds is 5. The van der Waals surface area contributed by atoms with Crippen LogP contribution in [0.4, 0.5) is 4.39 Å². The first kappa shape index (κ1) is 19.3. The highest BCUT2D eigenvalue weighted by atomic mass is 35.5. The van der Waals surface area contributed by atoms with Crippen molar-refractivity contribution in [3.05, 3.63) is 52.6 Å². The Hall–Kier alpha value is -2.45. The Kier molecular flexibility index (Phi) is 5.76. The van der Waals surface area contributed by atoms with Gasteiger partial charge in [-0.15, -0.1) is 0 Å². The number of amides is 1. The van der Waals surface area contributed by atoms with E-state index in [1.54, 1.807) is 17.0 Å². The molecule has 1 aliphatic rings. The summed E-state index contributed by atoms with van der Waals surface area (Å²) in [6.07, 6.45) is 2.83. The van der Waals surface area contributed by atoms with Gasteiger partial charge in [-0.05, 0) is 19.1 Å². The summed E-state index contributed by atoms with van der Waals surface area (Å²) in [4.78, 5) is 27.4. The molecule has 1 N–H and O–H groups in total. The Labute approximate surface area is 160 Å². The summed E-state index contributed by atoms with van der Waals surface area (Å²) in [5, 5.41) is 13.4. The van der Waals surface area contributed by atoms with E-state index in [4.69, 9.17) is 16.7 Å². The van der Waals surface area contributed by atoms with Crippen molar-refractivity contribution >= 4 is 23.5 Å². The average molecular weight is 395 g/mol. The van der Waals surface area contributed by atoms with Gasteiger partial charge in [0.2, 0.25) is 0 Å². The van der Waals surface area contributed by atoms with Gasteiger partial charge in [0.15, 0.2) is 0 Å². The Morgan fingerprint density at radius 2 is 2.00 bits per heavy atom. The second-order valence-electron chi connectivity index (χ2n) is 6.49. The van der Waals surface area contributed by atoms with E-state index in [0.717, 1.165) is 0 Å². The fourth-order valence-corrected chi connectivity index (χ4v) is 3.19. The number of hydrogen-bond acceptors (Lipinski definition) is 4. The van der Waals surface area contributed by atoms with Crippen molar-refractivity contribution in [3.8, 4) is 0 Å².